The number of carboxylic acid groups (broad SMARTS) is 3. The van der Waals surface area contributed by atoms with Crippen molar-refractivity contribution >= 4 is 23.9 Å². The molecule has 0 bridgehead atoms. The summed E-state index contributed by atoms with van der Waals surface area (Å²) >= 11 is 0. The van der Waals surface area contributed by atoms with Crippen LogP contribution in [0.4, 0.5) is 0 Å². The van der Waals surface area contributed by atoms with Gasteiger partial charge in [0.15, 0.2) is 0 Å². The molecule has 0 aliphatic rings. The van der Waals surface area contributed by atoms with Crippen LogP contribution in [-0.2, 0) is 23.9 Å². The van der Waals surface area contributed by atoms with E-state index in [9.17, 15) is 19.2 Å². The van der Waals surface area contributed by atoms with E-state index in [0.717, 1.165) is 0 Å². The zero-order valence-electron chi connectivity index (χ0n) is 10.5. The van der Waals surface area contributed by atoms with Crippen molar-refractivity contribution in [3.8, 4) is 0 Å². The average Bonchev–Trinajstić information content (AvgIpc) is 2.21. The van der Waals surface area contributed by atoms with Gasteiger partial charge in [0.1, 0.15) is 6.04 Å². The van der Waals surface area contributed by atoms with Gasteiger partial charge in [0.25, 0.3) is 6.10 Å². The fraction of sp³-hybridized carbons (Fsp3) is 0.500. The van der Waals surface area contributed by atoms with E-state index >= 15 is 0 Å². The molecule has 98 valence electrons. The van der Waals surface area contributed by atoms with Crippen LogP contribution in [0.15, 0.2) is 0 Å². The number of esters is 1. The van der Waals surface area contributed by atoms with Crippen LogP contribution < -0.4 is 35.3 Å². The van der Waals surface area contributed by atoms with Crippen LogP contribution in [0.2, 0.25) is 0 Å². The van der Waals surface area contributed by atoms with Crippen molar-refractivity contribution in [2.75, 3.05) is 0 Å². The largest absolute Gasteiger partial charge is 1.00 e. The normalized spacial score (nSPS) is 11.2. The summed E-state index contributed by atoms with van der Waals surface area (Å²) in [4.78, 5) is 42.0. The van der Waals surface area contributed by atoms with Gasteiger partial charge in [0.2, 0.25) is 0 Å². The first kappa shape index (κ1) is 19.2. The molecule has 0 aromatic carbocycles. The molecule has 1 atom stereocenters. The van der Waals surface area contributed by atoms with E-state index < -0.39 is 42.4 Å². The fourth-order valence-electron chi connectivity index (χ4n) is 0.794. The van der Waals surface area contributed by atoms with Crippen LogP contribution in [-0.4, -0.2) is 51.3 Å². The molecule has 0 saturated carbocycles. The van der Waals surface area contributed by atoms with E-state index in [1.165, 1.54) is 0 Å². The van der Waals surface area contributed by atoms with E-state index in [2.05, 4.69) is 4.74 Å². The molecule has 0 spiro atoms. The summed E-state index contributed by atoms with van der Waals surface area (Å²) in [6.07, 6.45) is -3.06. The van der Waals surface area contributed by atoms with Crippen molar-refractivity contribution in [2.45, 2.75) is 25.0 Å². The number of hydrogen-bond acceptors (Lipinski definition) is 6. The minimum absolute atomic E-state index is 0. The van der Waals surface area contributed by atoms with Crippen LogP contribution in [0.25, 0.3) is 0 Å². The number of hydrogen-bond donors (Lipinski definition) is 4. The Morgan fingerprint density at radius 3 is 1.83 bits per heavy atom. The van der Waals surface area contributed by atoms with Gasteiger partial charge in [0.05, 0.1) is 0 Å². The number of ether oxygens (including phenoxy) is 1. The number of aliphatic carboxylic acids is 3. The van der Waals surface area contributed by atoms with Crippen molar-refractivity contribution in [1.29, 1.82) is 0 Å². The Morgan fingerprint density at radius 1 is 1.06 bits per heavy atom. The first-order chi connectivity index (χ1) is 7.75. The minimum atomic E-state index is -2.30. The Kier molecular flexibility index (Phi) is 9.45. The van der Waals surface area contributed by atoms with E-state index in [0.29, 0.717) is 0 Å². The summed E-state index contributed by atoms with van der Waals surface area (Å²) in [7, 11) is 0. The third-order valence-electron chi connectivity index (χ3n) is 1.67. The summed E-state index contributed by atoms with van der Waals surface area (Å²) in [6, 6.07) is -1.30. The maximum atomic E-state index is 11.0. The molecule has 5 N–H and O–H groups in total. The first-order valence-corrected chi connectivity index (χ1v) is 4.39. The predicted octanol–water partition coefficient (Wildman–Crippen LogP) is -4.62. The number of carbonyl (C=O) groups is 4. The topological polar surface area (TPSA) is 164 Å². The zero-order valence-corrected chi connectivity index (χ0v) is 11.5. The van der Waals surface area contributed by atoms with Gasteiger partial charge in [-0.15, -0.1) is 0 Å². The molecule has 0 aliphatic carbocycles. The first-order valence-electron chi connectivity index (χ1n) is 4.39. The van der Waals surface area contributed by atoms with Crippen molar-refractivity contribution in [2.24, 2.45) is 5.73 Å². The molecule has 0 rings (SSSR count). The smallest absolute Gasteiger partial charge is 1.00 e. The molecule has 9 nitrogen and oxygen atoms in total. The zero-order chi connectivity index (χ0) is 13.6. The maximum absolute atomic E-state index is 11.0. The Bertz CT molecular complexity index is 336. The van der Waals surface area contributed by atoms with Gasteiger partial charge in [0, 0.05) is 6.42 Å². The van der Waals surface area contributed by atoms with Crippen molar-refractivity contribution in [3.63, 3.8) is 0 Å². The molecule has 0 radical (unpaired) electrons. The quantitative estimate of drug-likeness (QED) is 0.203. The Morgan fingerprint density at radius 2 is 1.50 bits per heavy atom. The minimum Gasteiger partial charge on any atom is -1.00 e. The van der Waals surface area contributed by atoms with E-state index in [1.807, 2.05) is 0 Å². The second-order valence-electron chi connectivity index (χ2n) is 3.03. The number of carbonyl (C=O) groups excluding carboxylic acids is 1. The monoisotopic (exact) mass is 273 g/mol. The van der Waals surface area contributed by atoms with Gasteiger partial charge in [-0.05, 0) is 6.42 Å². The third-order valence-corrected chi connectivity index (χ3v) is 1.67. The van der Waals surface area contributed by atoms with Gasteiger partial charge >= 0.3 is 53.4 Å². The van der Waals surface area contributed by atoms with Crippen LogP contribution in [0, 0.1) is 0 Å². The SMILES string of the molecule is N[C@@H](CCC(=O)OC(C(=O)O)C(=O)O)C(=O)O.[H-].[Na+]. The summed E-state index contributed by atoms with van der Waals surface area (Å²) in [5.74, 6) is -6.12. The molecule has 0 aromatic heterocycles. The second kappa shape index (κ2) is 8.86. The van der Waals surface area contributed by atoms with E-state index in [1.54, 1.807) is 0 Å². The molecule has 0 amide bonds. The summed E-state index contributed by atoms with van der Waals surface area (Å²) in [5.41, 5.74) is 5.08. The third kappa shape index (κ3) is 7.22. The van der Waals surface area contributed by atoms with Crippen LogP contribution in [0.5, 0.6) is 0 Å². The van der Waals surface area contributed by atoms with Gasteiger partial charge in [-0.25, -0.2) is 9.59 Å². The molecule has 0 saturated heterocycles. The van der Waals surface area contributed by atoms with Gasteiger partial charge < -0.3 is 27.2 Å². The predicted molar refractivity (Wildman–Crippen MR) is 51.1 cm³/mol. The molecule has 0 aromatic rings. The van der Waals surface area contributed by atoms with Gasteiger partial charge in [-0.3, -0.25) is 9.59 Å². The Balaban J connectivity index is -0.00000128. The van der Waals surface area contributed by atoms with Gasteiger partial charge in [-0.1, -0.05) is 0 Å². The Hall–Kier alpha value is -1.16. The molecule has 10 heteroatoms. The standard InChI is InChI=1S/C8H11NO8.Na.H/c9-3(6(11)12)1-2-4(10)17-5(7(13)14)8(15)16;;/h3,5H,1-2,9H2,(H,11,12)(H,13,14)(H,15,16);;/q;+1;-1/t3-;;/m0../s1. The molecular formula is C8H12NNaO8. The molecule has 0 heterocycles. The van der Waals surface area contributed by atoms with Crippen LogP contribution in [0.1, 0.15) is 14.3 Å². The van der Waals surface area contributed by atoms with Crippen molar-refractivity contribution in [1.82, 2.24) is 0 Å². The molecule has 18 heavy (non-hydrogen) atoms. The molecule has 0 fully saturated rings. The van der Waals surface area contributed by atoms with Crippen LogP contribution >= 0.6 is 0 Å². The maximum Gasteiger partial charge on any atom is 1.00 e. The second-order valence-corrected chi connectivity index (χ2v) is 3.03. The van der Waals surface area contributed by atoms with Crippen LogP contribution in [0.3, 0.4) is 0 Å². The molecule has 0 unspecified atom stereocenters. The van der Waals surface area contributed by atoms with Crippen molar-refractivity contribution in [3.05, 3.63) is 0 Å². The number of carboxylic acids is 3. The summed E-state index contributed by atoms with van der Waals surface area (Å²) in [5, 5.41) is 25.2. The van der Waals surface area contributed by atoms with E-state index in [4.69, 9.17) is 21.1 Å². The number of nitrogens with two attached hydrogens (primary N) is 1. The van der Waals surface area contributed by atoms with Gasteiger partial charge in [-0.2, -0.15) is 0 Å². The average molecular weight is 273 g/mol. The summed E-state index contributed by atoms with van der Waals surface area (Å²) in [6.45, 7) is 0. The molecule has 0 aliphatic heterocycles. The van der Waals surface area contributed by atoms with E-state index in [-0.39, 0.29) is 37.4 Å². The Labute approximate surface area is 125 Å². The van der Waals surface area contributed by atoms with Crippen molar-refractivity contribution < 1.29 is 70.2 Å². The number of rotatable bonds is 7. The fourth-order valence-corrected chi connectivity index (χ4v) is 0.794. The summed E-state index contributed by atoms with van der Waals surface area (Å²) < 4.78 is 4.12. The molecular weight excluding hydrogens is 261 g/mol.